The second-order valence-corrected chi connectivity index (χ2v) is 6.02. The first-order chi connectivity index (χ1) is 8.80. The van der Waals surface area contributed by atoms with Crippen LogP contribution in [0.1, 0.15) is 38.9 Å². The second kappa shape index (κ2) is 4.81. The molecule has 0 saturated carbocycles. The third-order valence-electron chi connectivity index (χ3n) is 3.70. The zero-order valence-electron chi connectivity index (χ0n) is 11.6. The fourth-order valence-electron chi connectivity index (χ4n) is 2.53. The third kappa shape index (κ3) is 2.87. The lowest BCUT2D eigenvalue weighted by Gasteiger charge is -2.22. The first-order valence-electron chi connectivity index (χ1n) is 6.51. The summed E-state index contributed by atoms with van der Waals surface area (Å²) in [6, 6.07) is 4.99. The van der Waals surface area contributed by atoms with Crippen LogP contribution >= 0.6 is 0 Å². The van der Waals surface area contributed by atoms with E-state index in [4.69, 9.17) is 0 Å². The Balaban J connectivity index is 2.38. The molecule has 2 rings (SSSR count). The standard InChI is InChI=1S/C14H20N2O3/c1-10(17)11-4-5-12(13(8-11)16(18)19)15-7-6-14(2,3)9-15/h4-5,8,10,17H,6-7,9H2,1-3H3/t10-/m0/s1. The van der Waals surface area contributed by atoms with Crippen molar-refractivity contribution >= 4 is 11.4 Å². The summed E-state index contributed by atoms with van der Waals surface area (Å²) in [5.74, 6) is 0. The molecule has 0 aromatic heterocycles. The molecule has 1 N–H and O–H groups in total. The molecule has 1 saturated heterocycles. The molecule has 104 valence electrons. The molecular formula is C14H20N2O3. The first kappa shape index (κ1) is 13.8. The van der Waals surface area contributed by atoms with Crippen molar-refractivity contribution < 1.29 is 10.0 Å². The van der Waals surface area contributed by atoms with Gasteiger partial charge in [-0.2, -0.15) is 0 Å². The number of rotatable bonds is 3. The van der Waals surface area contributed by atoms with Crippen LogP contribution in [0.4, 0.5) is 11.4 Å². The Labute approximate surface area is 113 Å². The molecule has 19 heavy (non-hydrogen) atoms. The second-order valence-electron chi connectivity index (χ2n) is 6.02. The summed E-state index contributed by atoms with van der Waals surface area (Å²) in [5.41, 5.74) is 1.50. The maximum Gasteiger partial charge on any atom is 0.292 e. The van der Waals surface area contributed by atoms with Gasteiger partial charge in [0.1, 0.15) is 5.69 Å². The van der Waals surface area contributed by atoms with Crippen molar-refractivity contribution in [1.29, 1.82) is 0 Å². The van der Waals surface area contributed by atoms with Gasteiger partial charge in [-0.05, 0) is 30.4 Å². The highest BCUT2D eigenvalue weighted by molar-refractivity contribution is 5.65. The number of anilines is 1. The predicted molar refractivity (Wildman–Crippen MR) is 74.3 cm³/mol. The number of hydrogen-bond acceptors (Lipinski definition) is 4. The minimum atomic E-state index is -0.692. The van der Waals surface area contributed by atoms with Crippen LogP contribution in [0, 0.1) is 15.5 Å². The van der Waals surface area contributed by atoms with Gasteiger partial charge in [-0.3, -0.25) is 10.1 Å². The Morgan fingerprint density at radius 2 is 2.16 bits per heavy atom. The van der Waals surface area contributed by atoms with E-state index in [2.05, 4.69) is 18.7 Å². The van der Waals surface area contributed by atoms with Crippen molar-refractivity contribution in [3.8, 4) is 0 Å². The smallest absolute Gasteiger partial charge is 0.292 e. The summed E-state index contributed by atoms with van der Waals surface area (Å²) in [6.07, 6.45) is 0.338. The van der Waals surface area contributed by atoms with Crippen molar-refractivity contribution in [2.45, 2.75) is 33.3 Å². The molecular weight excluding hydrogens is 244 g/mol. The molecule has 0 amide bonds. The minimum Gasteiger partial charge on any atom is -0.389 e. The lowest BCUT2D eigenvalue weighted by molar-refractivity contribution is -0.384. The molecule has 1 aromatic rings. The molecule has 1 heterocycles. The molecule has 0 aliphatic carbocycles. The highest BCUT2D eigenvalue weighted by Gasteiger charge is 2.32. The van der Waals surface area contributed by atoms with Crippen LogP contribution in [0.25, 0.3) is 0 Å². The van der Waals surface area contributed by atoms with E-state index in [-0.39, 0.29) is 16.0 Å². The normalized spacial score (nSPS) is 19.5. The molecule has 0 bridgehead atoms. The highest BCUT2D eigenvalue weighted by Crippen LogP contribution is 2.37. The molecule has 1 aliphatic heterocycles. The molecule has 5 heteroatoms. The Hall–Kier alpha value is -1.62. The topological polar surface area (TPSA) is 66.6 Å². The number of hydrogen-bond donors (Lipinski definition) is 1. The van der Waals surface area contributed by atoms with Gasteiger partial charge < -0.3 is 10.0 Å². The Kier molecular flexibility index (Phi) is 3.49. The van der Waals surface area contributed by atoms with Gasteiger partial charge in [-0.15, -0.1) is 0 Å². The molecule has 5 nitrogen and oxygen atoms in total. The van der Waals surface area contributed by atoms with Gasteiger partial charge in [0, 0.05) is 19.2 Å². The number of nitrogens with zero attached hydrogens (tertiary/aromatic N) is 2. The van der Waals surface area contributed by atoms with Crippen molar-refractivity contribution in [2.24, 2.45) is 5.41 Å². The fourth-order valence-corrected chi connectivity index (χ4v) is 2.53. The van der Waals surface area contributed by atoms with E-state index < -0.39 is 6.10 Å². The molecule has 1 aromatic carbocycles. The zero-order chi connectivity index (χ0) is 14.2. The third-order valence-corrected chi connectivity index (χ3v) is 3.70. The van der Waals surface area contributed by atoms with Gasteiger partial charge in [0.2, 0.25) is 0 Å². The summed E-state index contributed by atoms with van der Waals surface area (Å²) in [4.78, 5) is 12.9. The maximum atomic E-state index is 11.2. The van der Waals surface area contributed by atoms with Gasteiger partial charge in [0.25, 0.3) is 5.69 Å². The van der Waals surface area contributed by atoms with E-state index in [9.17, 15) is 15.2 Å². The van der Waals surface area contributed by atoms with Crippen LogP contribution in [0.15, 0.2) is 18.2 Å². The van der Waals surface area contributed by atoms with Gasteiger partial charge in [0.05, 0.1) is 11.0 Å². The number of aliphatic hydroxyl groups excluding tert-OH is 1. The average molecular weight is 264 g/mol. The first-order valence-corrected chi connectivity index (χ1v) is 6.51. The lowest BCUT2D eigenvalue weighted by atomic mass is 9.93. The summed E-state index contributed by atoms with van der Waals surface area (Å²) >= 11 is 0. The number of nitro groups is 1. The number of aliphatic hydroxyl groups is 1. The average Bonchev–Trinajstić information content (AvgIpc) is 2.68. The van der Waals surface area contributed by atoms with E-state index in [1.54, 1.807) is 19.1 Å². The fraction of sp³-hybridized carbons (Fsp3) is 0.571. The van der Waals surface area contributed by atoms with Crippen molar-refractivity contribution in [3.63, 3.8) is 0 Å². The van der Waals surface area contributed by atoms with Gasteiger partial charge in [-0.25, -0.2) is 0 Å². The predicted octanol–water partition coefficient (Wildman–Crippen LogP) is 2.88. The van der Waals surface area contributed by atoms with Crippen LogP contribution in [0.3, 0.4) is 0 Å². The van der Waals surface area contributed by atoms with Crippen LogP contribution < -0.4 is 4.90 Å². The summed E-state index contributed by atoms with van der Waals surface area (Å²) in [7, 11) is 0. The van der Waals surface area contributed by atoms with Crippen molar-refractivity contribution in [3.05, 3.63) is 33.9 Å². The summed E-state index contributed by atoms with van der Waals surface area (Å²) in [6.45, 7) is 7.60. The van der Waals surface area contributed by atoms with E-state index in [1.165, 1.54) is 6.07 Å². The van der Waals surface area contributed by atoms with Gasteiger partial charge in [-0.1, -0.05) is 19.9 Å². The Morgan fingerprint density at radius 3 is 2.63 bits per heavy atom. The minimum absolute atomic E-state index is 0.0797. The van der Waals surface area contributed by atoms with E-state index in [0.29, 0.717) is 11.3 Å². The largest absolute Gasteiger partial charge is 0.389 e. The Bertz CT molecular complexity index is 497. The molecule has 1 atom stereocenters. The summed E-state index contributed by atoms with van der Waals surface area (Å²) in [5, 5.41) is 20.7. The highest BCUT2D eigenvalue weighted by atomic mass is 16.6. The van der Waals surface area contributed by atoms with Crippen LogP contribution in [-0.4, -0.2) is 23.1 Å². The Morgan fingerprint density at radius 1 is 1.47 bits per heavy atom. The van der Waals surface area contributed by atoms with E-state index in [0.717, 1.165) is 19.5 Å². The quantitative estimate of drug-likeness (QED) is 0.673. The molecule has 1 fully saturated rings. The van der Waals surface area contributed by atoms with Gasteiger partial charge >= 0.3 is 0 Å². The van der Waals surface area contributed by atoms with Crippen LogP contribution in [-0.2, 0) is 0 Å². The monoisotopic (exact) mass is 264 g/mol. The molecule has 0 unspecified atom stereocenters. The zero-order valence-corrected chi connectivity index (χ0v) is 11.6. The lowest BCUT2D eigenvalue weighted by Crippen LogP contribution is -2.23. The van der Waals surface area contributed by atoms with Crippen molar-refractivity contribution in [2.75, 3.05) is 18.0 Å². The number of nitro benzene ring substituents is 1. The summed E-state index contributed by atoms with van der Waals surface area (Å²) < 4.78 is 0. The van der Waals surface area contributed by atoms with E-state index in [1.807, 2.05) is 0 Å². The molecule has 0 radical (unpaired) electrons. The molecule has 1 aliphatic rings. The molecule has 0 spiro atoms. The number of benzene rings is 1. The van der Waals surface area contributed by atoms with Crippen LogP contribution in [0.2, 0.25) is 0 Å². The SMILES string of the molecule is C[C@H](O)c1ccc(N2CCC(C)(C)C2)c([N+](=O)[O-])c1. The maximum absolute atomic E-state index is 11.2. The van der Waals surface area contributed by atoms with E-state index >= 15 is 0 Å². The van der Waals surface area contributed by atoms with Gasteiger partial charge in [0.15, 0.2) is 0 Å². The van der Waals surface area contributed by atoms with Crippen LogP contribution in [0.5, 0.6) is 0 Å². The van der Waals surface area contributed by atoms with Crippen molar-refractivity contribution in [1.82, 2.24) is 0 Å².